The summed E-state index contributed by atoms with van der Waals surface area (Å²) < 4.78 is 60.8. The number of ether oxygens (including phenoxy) is 1. The molecule has 2 aromatic rings. The molecule has 1 aliphatic rings. The molecule has 2 aromatic carbocycles. The predicted octanol–water partition coefficient (Wildman–Crippen LogP) is 5.71. The fourth-order valence-electron chi connectivity index (χ4n) is 4.04. The average molecular weight is 512 g/mol. The molecular weight excluding hydrogens is 484 g/mol. The van der Waals surface area contributed by atoms with Gasteiger partial charge in [-0.05, 0) is 49.2 Å². The maximum absolute atomic E-state index is 15.1. The predicted molar refractivity (Wildman–Crippen MR) is 128 cm³/mol. The van der Waals surface area contributed by atoms with Gasteiger partial charge in [0, 0.05) is 24.4 Å². The molecule has 1 atom stereocenters. The van der Waals surface area contributed by atoms with Gasteiger partial charge in [0.15, 0.2) is 21.4 Å². The van der Waals surface area contributed by atoms with Crippen LogP contribution in [0.5, 0.6) is 5.75 Å². The number of hydrogen-bond acceptors (Lipinski definition) is 4. The van der Waals surface area contributed by atoms with Crippen molar-refractivity contribution in [3.63, 3.8) is 0 Å². The SMILES string of the molecule is CCCCCC(=O)NCC/C=C/[C@@]1(S(=O)(=O)c2ccc(Cl)cc2)CCOc2c(F)ccc(F)c21. The molecule has 0 bridgehead atoms. The summed E-state index contributed by atoms with van der Waals surface area (Å²) in [5.41, 5.74) is -0.353. The Hall–Kier alpha value is -2.45. The fourth-order valence-corrected chi connectivity index (χ4v) is 6.17. The van der Waals surface area contributed by atoms with Crippen molar-refractivity contribution in [3.05, 3.63) is 70.8 Å². The number of fused-ring (bicyclic) bond motifs is 1. The van der Waals surface area contributed by atoms with E-state index < -0.39 is 32.0 Å². The van der Waals surface area contributed by atoms with Crippen molar-refractivity contribution in [2.45, 2.75) is 55.1 Å². The molecule has 3 rings (SSSR count). The minimum absolute atomic E-state index is 0.0673. The molecule has 5 nitrogen and oxygen atoms in total. The highest BCUT2D eigenvalue weighted by Crippen LogP contribution is 2.49. The van der Waals surface area contributed by atoms with Crippen LogP contribution in [0.25, 0.3) is 0 Å². The zero-order valence-electron chi connectivity index (χ0n) is 19.0. The summed E-state index contributed by atoms with van der Waals surface area (Å²) >= 11 is 5.92. The lowest BCUT2D eigenvalue weighted by Crippen LogP contribution is -2.40. The summed E-state index contributed by atoms with van der Waals surface area (Å²) in [4.78, 5) is 11.8. The van der Waals surface area contributed by atoms with E-state index in [9.17, 15) is 17.6 Å². The van der Waals surface area contributed by atoms with Crippen LogP contribution in [0.15, 0.2) is 53.4 Å². The highest BCUT2D eigenvalue weighted by atomic mass is 35.5. The Bertz CT molecular complexity index is 1150. The summed E-state index contributed by atoms with van der Waals surface area (Å²) in [7, 11) is -4.23. The fraction of sp³-hybridized carbons (Fsp3) is 0.400. The van der Waals surface area contributed by atoms with Crippen molar-refractivity contribution in [1.29, 1.82) is 0 Å². The summed E-state index contributed by atoms with van der Waals surface area (Å²) in [6.07, 6.45) is 6.42. The van der Waals surface area contributed by atoms with Crippen LogP contribution < -0.4 is 10.1 Å². The third-order valence-corrected chi connectivity index (χ3v) is 8.48. The number of carbonyl (C=O) groups is 1. The lowest BCUT2D eigenvalue weighted by molar-refractivity contribution is -0.121. The molecule has 0 saturated heterocycles. The molecule has 1 amide bonds. The number of rotatable bonds is 10. The molecule has 0 saturated carbocycles. The second-order valence-electron chi connectivity index (χ2n) is 8.18. The molecule has 0 aliphatic carbocycles. The molecular formula is C25H28ClF2NO4S. The number of benzene rings is 2. The maximum atomic E-state index is 15.1. The number of halogens is 3. The van der Waals surface area contributed by atoms with E-state index in [1.807, 2.05) is 0 Å². The summed E-state index contributed by atoms with van der Waals surface area (Å²) in [6.45, 7) is 2.24. The van der Waals surface area contributed by atoms with Crippen LogP contribution in [0.2, 0.25) is 5.02 Å². The van der Waals surface area contributed by atoms with Crippen molar-refractivity contribution in [3.8, 4) is 5.75 Å². The van der Waals surface area contributed by atoms with Gasteiger partial charge < -0.3 is 10.1 Å². The smallest absolute Gasteiger partial charge is 0.220 e. The van der Waals surface area contributed by atoms with E-state index in [1.165, 1.54) is 30.3 Å². The van der Waals surface area contributed by atoms with Gasteiger partial charge >= 0.3 is 0 Å². The molecule has 0 unspecified atom stereocenters. The number of carbonyl (C=O) groups excluding carboxylic acids is 1. The molecule has 0 spiro atoms. The van der Waals surface area contributed by atoms with E-state index >= 15 is 4.39 Å². The first-order chi connectivity index (χ1) is 16.2. The van der Waals surface area contributed by atoms with Crippen LogP contribution in [-0.2, 0) is 19.4 Å². The first kappa shape index (κ1) is 26.2. The zero-order valence-corrected chi connectivity index (χ0v) is 20.5. The summed E-state index contributed by atoms with van der Waals surface area (Å²) in [6, 6.07) is 7.37. The third kappa shape index (κ3) is 5.44. The Balaban J connectivity index is 1.95. The van der Waals surface area contributed by atoms with Crippen molar-refractivity contribution in [2.24, 2.45) is 0 Å². The van der Waals surface area contributed by atoms with Gasteiger partial charge in [-0.25, -0.2) is 17.2 Å². The molecule has 1 N–H and O–H groups in total. The van der Waals surface area contributed by atoms with Crippen molar-refractivity contribution < 1.29 is 26.7 Å². The first-order valence-corrected chi connectivity index (χ1v) is 13.1. The minimum Gasteiger partial charge on any atom is -0.490 e. The largest absolute Gasteiger partial charge is 0.490 e. The molecule has 9 heteroatoms. The number of nitrogens with one attached hydrogen (secondary N) is 1. The topological polar surface area (TPSA) is 72.5 Å². The first-order valence-electron chi connectivity index (χ1n) is 11.3. The van der Waals surface area contributed by atoms with Gasteiger partial charge in [0.05, 0.1) is 17.1 Å². The van der Waals surface area contributed by atoms with Crippen LogP contribution in [-0.4, -0.2) is 27.5 Å². The quantitative estimate of drug-likeness (QED) is 0.327. The normalized spacial score (nSPS) is 17.9. The lowest BCUT2D eigenvalue weighted by Gasteiger charge is -2.36. The Kier molecular flexibility index (Phi) is 8.71. The Morgan fingerprint density at radius 2 is 1.85 bits per heavy atom. The van der Waals surface area contributed by atoms with Gasteiger partial charge in [0.2, 0.25) is 5.91 Å². The number of hydrogen-bond donors (Lipinski definition) is 1. The van der Waals surface area contributed by atoms with E-state index in [4.69, 9.17) is 16.3 Å². The molecule has 1 aliphatic heterocycles. The van der Waals surface area contributed by atoms with Gasteiger partial charge in [-0.1, -0.05) is 43.5 Å². The highest BCUT2D eigenvalue weighted by molar-refractivity contribution is 7.92. The zero-order chi connectivity index (χ0) is 24.8. The van der Waals surface area contributed by atoms with Crippen LogP contribution in [0, 0.1) is 11.6 Å². The molecule has 34 heavy (non-hydrogen) atoms. The number of unbranched alkanes of at least 4 members (excludes halogenated alkanes) is 2. The van der Waals surface area contributed by atoms with Crippen LogP contribution >= 0.6 is 11.6 Å². The van der Waals surface area contributed by atoms with Crippen LogP contribution in [0.3, 0.4) is 0 Å². The second kappa shape index (κ2) is 11.3. The van der Waals surface area contributed by atoms with Crippen molar-refractivity contribution in [2.75, 3.05) is 13.2 Å². The Morgan fingerprint density at radius 3 is 2.56 bits per heavy atom. The van der Waals surface area contributed by atoms with E-state index in [0.717, 1.165) is 31.4 Å². The Morgan fingerprint density at radius 1 is 1.15 bits per heavy atom. The second-order valence-corrected chi connectivity index (χ2v) is 10.8. The van der Waals surface area contributed by atoms with Gasteiger partial charge in [-0.2, -0.15) is 0 Å². The molecule has 0 aromatic heterocycles. The Labute approximate surface area is 204 Å². The van der Waals surface area contributed by atoms with Gasteiger partial charge in [0.25, 0.3) is 0 Å². The maximum Gasteiger partial charge on any atom is 0.220 e. The van der Waals surface area contributed by atoms with Gasteiger partial charge in [-0.15, -0.1) is 0 Å². The van der Waals surface area contributed by atoms with E-state index in [0.29, 0.717) is 24.4 Å². The molecule has 1 heterocycles. The van der Waals surface area contributed by atoms with E-state index in [1.54, 1.807) is 6.08 Å². The monoisotopic (exact) mass is 511 g/mol. The van der Waals surface area contributed by atoms with E-state index in [-0.39, 0.29) is 29.4 Å². The standard InChI is InChI=1S/C25H28ClF2NO4S/c1-2-3-4-7-22(30)29-16-6-5-14-25(34(31,32)19-10-8-18(26)9-11-19)15-17-33-24-21(28)13-12-20(27)23(24)25/h5,8-14H,2-4,6-7,15-17H2,1H3,(H,29,30)/b14-5+/t25-/m1/s1. The average Bonchev–Trinajstić information content (AvgIpc) is 2.81. The van der Waals surface area contributed by atoms with Crippen molar-refractivity contribution >= 4 is 27.3 Å². The van der Waals surface area contributed by atoms with Crippen LogP contribution in [0.4, 0.5) is 8.78 Å². The molecule has 0 radical (unpaired) electrons. The highest BCUT2D eigenvalue weighted by Gasteiger charge is 2.50. The number of sulfone groups is 1. The third-order valence-electron chi connectivity index (χ3n) is 5.83. The lowest BCUT2D eigenvalue weighted by atomic mass is 9.90. The van der Waals surface area contributed by atoms with Gasteiger partial charge in [0.1, 0.15) is 10.6 Å². The molecule has 0 fully saturated rings. The molecule has 184 valence electrons. The summed E-state index contributed by atoms with van der Waals surface area (Å²) in [5, 5.41) is 3.14. The van der Waals surface area contributed by atoms with Crippen LogP contribution in [0.1, 0.15) is 51.0 Å². The summed E-state index contributed by atoms with van der Waals surface area (Å²) in [5.74, 6) is -2.19. The van der Waals surface area contributed by atoms with Gasteiger partial charge in [-0.3, -0.25) is 4.79 Å². The van der Waals surface area contributed by atoms with Crippen molar-refractivity contribution in [1.82, 2.24) is 5.32 Å². The number of amides is 1. The minimum atomic E-state index is -4.23. The van der Waals surface area contributed by atoms with E-state index in [2.05, 4.69) is 12.2 Å².